The fourth-order valence-electron chi connectivity index (χ4n) is 3.84. The molecule has 8 heteroatoms. The molecule has 5 rings (SSSR count). The molecule has 8 nitrogen and oxygen atoms in total. The van der Waals surface area contributed by atoms with E-state index in [9.17, 15) is 9.59 Å². The Morgan fingerprint density at radius 3 is 2.58 bits per heavy atom. The molecule has 0 aliphatic carbocycles. The fraction of sp³-hybridized carbons (Fsp3) is 0.107. The van der Waals surface area contributed by atoms with Crippen molar-refractivity contribution in [3.63, 3.8) is 0 Å². The quantitative estimate of drug-likeness (QED) is 0.302. The largest absolute Gasteiger partial charge is 0.486 e. The number of nitrogens with zero attached hydrogens (tertiary/aromatic N) is 2. The lowest BCUT2D eigenvalue weighted by Gasteiger charge is -2.07. The highest BCUT2D eigenvalue weighted by Crippen LogP contribution is 2.20. The molecular weight excluding hydrogens is 458 g/mol. The molecule has 0 atom stereocenters. The fourth-order valence-corrected chi connectivity index (χ4v) is 3.84. The van der Waals surface area contributed by atoms with Gasteiger partial charge in [0.2, 0.25) is 0 Å². The summed E-state index contributed by atoms with van der Waals surface area (Å²) in [7, 11) is 1.33. The molecule has 2 heterocycles. The number of ether oxygens (including phenoxy) is 2. The standard InChI is InChI=1S/C28H23N3O5/c1-34-28(33)20-9-11-22(12-10-20)35-18-23-13-14-25(36-23)27(32)29-26-15-16-31(30-26)17-21-7-4-6-19-5-2-3-8-24(19)21/h2-16H,17-18H2,1H3,(H,29,30,32). The first-order valence-electron chi connectivity index (χ1n) is 11.3. The van der Waals surface area contributed by atoms with Crippen LogP contribution in [0.1, 0.15) is 32.2 Å². The first-order valence-corrected chi connectivity index (χ1v) is 11.3. The Labute approximate surface area is 207 Å². The SMILES string of the molecule is COC(=O)c1ccc(OCc2ccc(C(=O)Nc3ccn(Cc4cccc5ccccc45)n3)o2)cc1. The molecule has 5 aromatic rings. The normalized spacial score (nSPS) is 10.8. The number of nitrogens with one attached hydrogen (secondary N) is 1. The molecule has 0 bridgehead atoms. The summed E-state index contributed by atoms with van der Waals surface area (Å²) in [6.45, 7) is 0.713. The Balaban J connectivity index is 1.18. The van der Waals surface area contributed by atoms with Gasteiger partial charge in [-0.15, -0.1) is 0 Å². The summed E-state index contributed by atoms with van der Waals surface area (Å²) in [5.41, 5.74) is 1.58. The van der Waals surface area contributed by atoms with E-state index in [1.807, 2.05) is 24.4 Å². The number of benzene rings is 3. The minimum Gasteiger partial charge on any atom is -0.486 e. The number of aromatic nitrogens is 2. The molecule has 1 amide bonds. The Morgan fingerprint density at radius 1 is 0.944 bits per heavy atom. The first kappa shape index (κ1) is 22.9. The van der Waals surface area contributed by atoms with Gasteiger partial charge in [0.05, 0.1) is 19.2 Å². The molecule has 0 spiro atoms. The topological polar surface area (TPSA) is 95.6 Å². The van der Waals surface area contributed by atoms with Gasteiger partial charge in [-0.1, -0.05) is 42.5 Å². The number of rotatable bonds is 8. The number of esters is 1. The van der Waals surface area contributed by atoms with Crippen LogP contribution in [0, 0.1) is 0 Å². The predicted molar refractivity (Wildman–Crippen MR) is 134 cm³/mol. The third-order valence-electron chi connectivity index (χ3n) is 5.64. The maximum Gasteiger partial charge on any atom is 0.337 e. The highest BCUT2D eigenvalue weighted by atomic mass is 16.5. The molecule has 0 radical (unpaired) electrons. The Hall–Kier alpha value is -4.85. The highest BCUT2D eigenvalue weighted by molar-refractivity contribution is 6.01. The summed E-state index contributed by atoms with van der Waals surface area (Å²) >= 11 is 0. The smallest absolute Gasteiger partial charge is 0.337 e. The van der Waals surface area contributed by atoms with Crippen LogP contribution in [0.5, 0.6) is 5.75 Å². The molecule has 3 aromatic carbocycles. The lowest BCUT2D eigenvalue weighted by atomic mass is 10.0. The maximum atomic E-state index is 12.6. The number of carbonyl (C=O) groups is 2. The van der Waals surface area contributed by atoms with Gasteiger partial charge in [-0.2, -0.15) is 5.10 Å². The van der Waals surface area contributed by atoms with Crippen LogP contribution in [0.4, 0.5) is 5.82 Å². The molecule has 36 heavy (non-hydrogen) atoms. The third-order valence-corrected chi connectivity index (χ3v) is 5.64. The van der Waals surface area contributed by atoms with Crippen LogP contribution in [-0.2, 0) is 17.9 Å². The Morgan fingerprint density at radius 2 is 1.75 bits per heavy atom. The lowest BCUT2D eigenvalue weighted by molar-refractivity contribution is 0.0600. The molecule has 2 aromatic heterocycles. The molecule has 0 unspecified atom stereocenters. The Kier molecular flexibility index (Phi) is 6.48. The molecule has 0 fully saturated rings. The molecule has 180 valence electrons. The van der Waals surface area contributed by atoms with Gasteiger partial charge in [0.25, 0.3) is 5.91 Å². The number of amides is 1. The van der Waals surface area contributed by atoms with Crippen molar-refractivity contribution in [1.29, 1.82) is 0 Å². The van der Waals surface area contributed by atoms with Crippen molar-refractivity contribution >= 4 is 28.5 Å². The number of hydrogen-bond acceptors (Lipinski definition) is 6. The molecule has 0 aliphatic heterocycles. The first-order chi connectivity index (χ1) is 17.6. The van der Waals surface area contributed by atoms with Crippen LogP contribution in [0.15, 0.2) is 95.5 Å². The van der Waals surface area contributed by atoms with E-state index in [4.69, 9.17) is 9.15 Å². The average Bonchev–Trinajstić information content (AvgIpc) is 3.57. The second kappa shape index (κ2) is 10.2. The summed E-state index contributed by atoms with van der Waals surface area (Å²) in [4.78, 5) is 24.1. The van der Waals surface area contributed by atoms with Gasteiger partial charge in [-0.3, -0.25) is 9.48 Å². The van der Waals surface area contributed by atoms with E-state index in [0.29, 0.717) is 29.4 Å². The monoisotopic (exact) mass is 481 g/mol. The second-order valence-electron chi connectivity index (χ2n) is 8.06. The summed E-state index contributed by atoms with van der Waals surface area (Å²) in [6.07, 6.45) is 1.82. The third kappa shape index (κ3) is 5.12. The van der Waals surface area contributed by atoms with E-state index in [0.717, 1.165) is 5.56 Å². The maximum absolute atomic E-state index is 12.6. The van der Waals surface area contributed by atoms with E-state index in [1.54, 1.807) is 47.1 Å². The molecule has 0 aliphatic rings. The summed E-state index contributed by atoms with van der Waals surface area (Å²) in [5.74, 6) is 0.805. The second-order valence-corrected chi connectivity index (χ2v) is 8.06. The van der Waals surface area contributed by atoms with E-state index in [2.05, 4.69) is 39.4 Å². The van der Waals surface area contributed by atoms with Crippen LogP contribution in [0.2, 0.25) is 0 Å². The number of hydrogen-bond donors (Lipinski definition) is 1. The lowest BCUT2D eigenvalue weighted by Crippen LogP contribution is -2.12. The van der Waals surface area contributed by atoms with Crippen molar-refractivity contribution in [2.75, 3.05) is 12.4 Å². The highest BCUT2D eigenvalue weighted by Gasteiger charge is 2.14. The number of carbonyl (C=O) groups excluding carboxylic acids is 2. The molecule has 0 saturated carbocycles. The zero-order valence-corrected chi connectivity index (χ0v) is 19.5. The van der Waals surface area contributed by atoms with Crippen molar-refractivity contribution in [3.05, 3.63) is 114 Å². The van der Waals surface area contributed by atoms with E-state index in [1.165, 1.54) is 17.9 Å². The van der Waals surface area contributed by atoms with Crippen LogP contribution in [0.25, 0.3) is 10.8 Å². The molecule has 0 saturated heterocycles. The summed E-state index contributed by atoms with van der Waals surface area (Å²) < 4.78 is 17.8. The minimum absolute atomic E-state index is 0.129. The van der Waals surface area contributed by atoms with Crippen molar-refractivity contribution in [3.8, 4) is 5.75 Å². The summed E-state index contributed by atoms with van der Waals surface area (Å²) in [6, 6.07) is 25.9. The number of anilines is 1. The molecular formula is C28H23N3O5. The van der Waals surface area contributed by atoms with Gasteiger partial charge in [0.1, 0.15) is 18.1 Å². The van der Waals surface area contributed by atoms with E-state index >= 15 is 0 Å². The number of fused-ring (bicyclic) bond motifs is 1. The van der Waals surface area contributed by atoms with Crippen LogP contribution in [0.3, 0.4) is 0 Å². The number of furan rings is 1. The van der Waals surface area contributed by atoms with Crippen molar-refractivity contribution in [1.82, 2.24) is 9.78 Å². The zero-order chi connectivity index (χ0) is 24.9. The van der Waals surface area contributed by atoms with Crippen molar-refractivity contribution in [2.45, 2.75) is 13.2 Å². The van der Waals surface area contributed by atoms with Crippen molar-refractivity contribution < 1.29 is 23.5 Å². The van der Waals surface area contributed by atoms with E-state index < -0.39 is 11.9 Å². The predicted octanol–water partition coefficient (Wildman–Crippen LogP) is 5.30. The van der Waals surface area contributed by atoms with E-state index in [-0.39, 0.29) is 12.4 Å². The van der Waals surface area contributed by atoms with Crippen molar-refractivity contribution in [2.24, 2.45) is 0 Å². The Bertz CT molecular complexity index is 1510. The van der Waals surface area contributed by atoms with Gasteiger partial charge in [-0.05, 0) is 52.7 Å². The van der Waals surface area contributed by atoms with Crippen LogP contribution < -0.4 is 10.1 Å². The number of methoxy groups -OCH3 is 1. The summed E-state index contributed by atoms with van der Waals surface area (Å²) in [5, 5.41) is 9.58. The van der Waals surface area contributed by atoms with Gasteiger partial charge in [-0.25, -0.2) is 4.79 Å². The van der Waals surface area contributed by atoms with Crippen LogP contribution >= 0.6 is 0 Å². The van der Waals surface area contributed by atoms with Gasteiger partial charge in [0, 0.05) is 12.3 Å². The van der Waals surface area contributed by atoms with Gasteiger partial charge in [0.15, 0.2) is 11.6 Å². The van der Waals surface area contributed by atoms with Gasteiger partial charge < -0.3 is 19.2 Å². The average molecular weight is 482 g/mol. The minimum atomic E-state index is -0.415. The van der Waals surface area contributed by atoms with Gasteiger partial charge >= 0.3 is 5.97 Å². The zero-order valence-electron chi connectivity index (χ0n) is 19.5. The molecule has 1 N–H and O–H groups in total. The van der Waals surface area contributed by atoms with Crippen LogP contribution in [-0.4, -0.2) is 28.8 Å².